The van der Waals surface area contributed by atoms with Crippen molar-refractivity contribution in [1.29, 1.82) is 0 Å². The molecule has 1 fully saturated rings. The van der Waals surface area contributed by atoms with Crippen LogP contribution in [0.4, 0.5) is 0 Å². The van der Waals surface area contributed by atoms with E-state index in [2.05, 4.69) is 5.32 Å². The fraction of sp³-hybridized carbons (Fsp3) is 0.355. The summed E-state index contributed by atoms with van der Waals surface area (Å²) in [4.78, 5) is 28.0. The molecule has 10 nitrogen and oxygen atoms in total. The average Bonchev–Trinajstić information content (AvgIpc) is 3.03. The lowest BCUT2D eigenvalue weighted by molar-refractivity contribution is -0.142. The lowest BCUT2D eigenvalue weighted by atomic mass is 10.1. The van der Waals surface area contributed by atoms with Crippen molar-refractivity contribution in [3.8, 4) is 11.5 Å². The molecule has 2 amide bonds. The SMILES string of the molecule is COc1ccc(CCNC(=O)[C@H](C)N(Cc2ccccc2)C(=O)COc2ccc(S(=O)(=O)N3CCOCC3)cc2)cc1. The Bertz CT molecular complexity index is 1410. The molecule has 1 aliphatic heterocycles. The van der Waals surface area contributed by atoms with Crippen molar-refractivity contribution in [1.82, 2.24) is 14.5 Å². The van der Waals surface area contributed by atoms with Crippen LogP contribution in [0.3, 0.4) is 0 Å². The van der Waals surface area contributed by atoms with Gasteiger partial charge >= 0.3 is 0 Å². The van der Waals surface area contributed by atoms with Gasteiger partial charge in [-0.2, -0.15) is 4.31 Å². The third-order valence-corrected chi connectivity index (χ3v) is 8.94. The van der Waals surface area contributed by atoms with Crippen molar-refractivity contribution in [3.63, 3.8) is 0 Å². The minimum absolute atomic E-state index is 0.147. The Morgan fingerprint density at radius 1 is 0.929 bits per heavy atom. The molecule has 42 heavy (non-hydrogen) atoms. The summed E-state index contributed by atoms with van der Waals surface area (Å²) in [6.07, 6.45) is 0.634. The highest BCUT2D eigenvalue weighted by atomic mass is 32.2. The lowest BCUT2D eigenvalue weighted by Gasteiger charge is -2.29. The fourth-order valence-corrected chi connectivity index (χ4v) is 5.91. The molecule has 3 aromatic rings. The van der Waals surface area contributed by atoms with Crippen molar-refractivity contribution in [2.45, 2.75) is 30.8 Å². The van der Waals surface area contributed by atoms with E-state index in [1.54, 1.807) is 14.0 Å². The van der Waals surface area contributed by atoms with Crippen LogP contribution in [0.15, 0.2) is 83.8 Å². The summed E-state index contributed by atoms with van der Waals surface area (Å²) in [7, 11) is -2.02. The van der Waals surface area contributed by atoms with Crippen LogP contribution in [0, 0.1) is 0 Å². The van der Waals surface area contributed by atoms with Crippen molar-refractivity contribution in [2.75, 3.05) is 46.6 Å². The zero-order valence-electron chi connectivity index (χ0n) is 23.9. The van der Waals surface area contributed by atoms with Crippen molar-refractivity contribution in [3.05, 3.63) is 90.0 Å². The number of amides is 2. The van der Waals surface area contributed by atoms with Gasteiger partial charge in [0.25, 0.3) is 5.91 Å². The van der Waals surface area contributed by atoms with Gasteiger partial charge in [-0.1, -0.05) is 42.5 Å². The maximum absolute atomic E-state index is 13.3. The van der Waals surface area contributed by atoms with E-state index in [4.69, 9.17) is 14.2 Å². The molecule has 0 unspecified atom stereocenters. The third kappa shape index (κ3) is 8.31. The number of sulfonamides is 1. The van der Waals surface area contributed by atoms with Crippen LogP contribution in [0.2, 0.25) is 0 Å². The van der Waals surface area contributed by atoms with Crippen molar-refractivity contribution >= 4 is 21.8 Å². The minimum atomic E-state index is -3.64. The van der Waals surface area contributed by atoms with E-state index in [-0.39, 0.29) is 29.9 Å². The zero-order valence-corrected chi connectivity index (χ0v) is 24.7. The number of nitrogens with zero attached hydrogens (tertiary/aromatic N) is 2. The van der Waals surface area contributed by atoms with Gasteiger partial charge < -0.3 is 24.4 Å². The lowest BCUT2D eigenvalue weighted by Crippen LogP contribution is -2.49. The molecule has 1 heterocycles. The largest absolute Gasteiger partial charge is 0.497 e. The van der Waals surface area contributed by atoms with Gasteiger partial charge in [0.2, 0.25) is 15.9 Å². The zero-order chi connectivity index (χ0) is 30.0. The molecule has 1 N–H and O–H groups in total. The number of ether oxygens (including phenoxy) is 3. The van der Waals surface area contributed by atoms with Gasteiger partial charge in [-0.3, -0.25) is 9.59 Å². The number of hydrogen-bond donors (Lipinski definition) is 1. The molecule has 0 spiro atoms. The summed E-state index contributed by atoms with van der Waals surface area (Å²) in [5.74, 6) is 0.468. The molecule has 0 radical (unpaired) electrons. The van der Waals surface area contributed by atoms with Crippen LogP contribution in [-0.2, 0) is 37.3 Å². The smallest absolute Gasteiger partial charge is 0.261 e. The van der Waals surface area contributed by atoms with Crippen LogP contribution in [-0.4, -0.2) is 82.0 Å². The number of carbonyl (C=O) groups excluding carboxylic acids is 2. The molecule has 0 bridgehead atoms. The summed E-state index contributed by atoms with van der Waals surface area (Å²) in [5, 5.41) is 2.93. The van der Waals surface area contributed by atoms with E-state index in [0.717, 1.165) is 16.9 Å². The summed E-state index contributed by atoms with van der Waals surface area (Å²) < 4.78 is 43.3. The van der Waals surface area contributed by atoms with E-state index in [0.29, 0.717) is 45.0 Å². The van der Waals surface area contributed by atoms with Crippen molar-refractivity contribution < 1.29 is 32.2 Å². The molecule has 0 saturated carbocycles. The van der Waals surface area contributed by atoms with Crippen LogP contribution < -0.4 is 14.8 Å². The number of carbonyl (C=O) groups is 2. The first-order valence-electron chi connectivity index (χ1n) is 13.8. The molecule has 1 aliphatic rings. The van der Waals surface area contributed by atoms with E-state index < -0.39 is 16.1 Å². The van der Waals surface area contributed by atoms with Gasteiger partial charge in [0.05, 0.1) is 25.2 Å². The molecule has 0 aromatic heterocycles. The second kappa shape index (κ2) is 14.8. The number of nitrogens with one attached hydrogen (secondary N) is 1. The molecule has 1 saturated heterocycles. The first-order valence-corrected chi connectivity index (χ1v) is 15.3. The summed E-state index contributed by atoms with van der Waals surface area (Å²) in [6, 6.07) is 22.3. The van der Waals surface area contributed by atoms with Gasteiger partial charge in [-0.05, 0) is 60.9 Å². The maximum Gasteiger partial charge on any atom is 0.261 e. The molecule has 3 aromatic carbocycles. The first-order chi connectivity index (χ1) is 20.3. The van der Waals surface area contributed by atoms with Crippen molar-refractivity contribution in [2.24, 2.45) is 0 Å². The Labute approximate surface area is 247 Å². The van der Waals surface area contributed by atoms with Gasteiger partial charge in [-0.25, -0.2) is 8.42 Å². The van der Waals surface area contributed by atoms with Crippen LogP contribution >= 0.6 is 0 Å². The third-order valence-electron chi connectivity index (χ3n) is 7.03. The predicted molar refractivity (Wildman–Crippen MR) is 158 cm³/mol. The highest BCUT2D eigenvalue weighted by molar-refractivity contribution is 7.89. The van der Waals surface area contributed by atoms with Gasteiger partial charge in [-0.15, -0.1) is 0 Å². The quantitative estimate of drug-likeness (QED) is 0.323. The number of benzene rings is 3. The molecule has 11 heteroatoms. The molecular weight excluding hydrogens is 558 g/mol. The number of methoxy groups -OCH3 is 1. The van der Waals surface area contributed by atoms with E-state index in [9.17, 15) is 18.0 Å². The number of morpholine rings is 1. The van der Waals surface area contributed by atoms with Gasteiger partial charge in [0, 0.05) is 26.2 Å². The Morgan fingerprint density at radius 3 is 2.21 bits per heavy atom. The van der Waals surface area contributed by atoms with E-state index in [1.165, 1.54) is 33.5 Å². The summed E-state index contributed by atoms with van der Waals surface area (Å²) in [6.45, 7) is 3.36. The maximum atomic E-state index is 13.3. The van der Waals surface area contributed by atoms with Gasteiger partial charge in [0.1, 0.15) is 17.5 Å². The Kier molecular flexibility index (Phi) is 10.9. The topological polar surface area (TPSA) is 114 Å². The highest BCUT2D eigenvalue weighted by Crippen LogP contribution is 2.21. The van der Waals surface area contributed by atoms with Crippen LogP contribution in [0.5, 0.6) is 11.5 Å². The second-order valence-electron chi connectivity index (χ2n) is 9.85. The Morgan fingerprint density at radius 2 is 1.57 bits per heavy atom. The molecule has 1 atom stereocenters. The van der Waals surface area contributed by atoms with Gasteiger partial charge in [0.15, 0.2) is 6.61 Å². The molecule has 0 aliphatic carbocycles. The normalized spacial score (nSPS) is 14.5. The molecular formula is C31H37N3O7S. The highest BCUT2D eigenvalue weighted by Gasteiger charge is 2.28. The predicted octanol–water partition coefficient (Wildman–Crippen LogP) is 2.87. The minimum Gasteiger partial charge on any atom is -0.497 e. The monoisotopic (exact) mass is 595 g/mol. The molecule has 4 rings (SSSR count). The second-order valence-corrected chi connectivity index (χ2v) is 11.8. The molecule has 224 valence electrons. The van der Waals surface area contributed by atoms with Crippen LogP contribution in [0.25, 0.3) is 0 Å². The van der Waals surface area contributed by atoms with E-state index in [1.807, 2.05) is 54.6 Å². The van der Waals surface area contributed by atoms with E-state index >= 15 is 0 Å². The number of rotatable bonds is 13. The Balaban J connectivity index is 1.36. The fourth-order valence-electron chi connectivity index (χ4n) is 4.50. The standard InChI is InChI=1S/C31H37N3O7S/c1-24(31(36)32-17-16-25-8-10-27(39-2)11-9-25)34(22-26-6-4-3-5-7-26)30(35)23-41-28-12-14-29(15-13-28)42(37,38)33-18-20-40-21-19-33/h3-15,24H,16-23H2,1-2H3,(H,32,36)/t24-/m0/s1. The average molecular weight is 596 g/mol. The number of hydrogen-bond acceptors (Lipinski definition) is 7. The first kappa shape index (κ1) is 31.0. The summed E-state index contributed by atoms with van der Waals surface area (Å²) in [5.41, 5.74) is 1.93. The Hall–Kier alpha value is -3.93. The summed E-state index contributed by atoms with van der Waals surface area (Å²) >= 11 is 0. The van der Waals surface area contributed by atoms with Crippen LogP contribution in [0.1, 0.15) is 18.1 Å².